The van der Waals surface area contributed by atoms with Crippen molar-refractivity contribution < 1.29 is 37.2 Å². The zero-order valence-corrected chi connectivity index (χ0v) is 28.1. The molecule has 1 unspecified atom stereocenters. The van der Waals surface area contributed by atoms with Crippen LogP contribution in [-0.2, 0) is 34.1 Å². The molecule has 6 rings (SSSR count). The van der Waals surface area contributed by atoms with E-state index in [0.717, 1.165) is 26.2 Å². The zero-order valence-electron chi connectivity index (χ0n) is 27.4. The fourth-order valence-corrected chi connectivity index (χ4v) is 6.50. The van der Waals surface area contributed by atoms with E-state index in [0.29, 0.717) is 46.9 Å². The number of rotatable bonds is 7. The Morgan fingerprint density at radius 1 is 0.800 bits per heavy atom. The molecule has 0 saturated carbocycles. The average Bonchev–Trinajstić information content (AvgIpc) is 3.61. The van der Waals surface area contributed by atoms with Gasteiger partial charge in [-0.05, 0) is 53.7 Å². The molecule has 3 aromatic carbocycles. The predicted octanol–water partition coefficient (Wildman–Crippen LogP) is 4.81. The van der Waals surface area contributed by atoms with Crippen LogP contribution in [0.1, 0.15) is 37.4 Å². The molecule has 0 radical (unpaired) electrons. The number of likely N-dealkylation sites (N-methyl/N-ethyl adjacent to an activating group) is 1. The number of carbonyl (C=O) groups is 4. The molecule has 0 bridgehead atoms. The van der Waals surface area contributed by atoms with Crippen molar-refractivity contribution in [2.24, 2.45) is 0 Å². The number of amides is 3. The summed E-state index contributed by atoms with van der Waals surface area (Å²) in [6, 6.07) is 17.2. The smallest absolute Gasteiger partial charge is 0.331 e. The van der Waals surface area contributed by atoms with E-state index in [2.05, 4.69) is 9.80 Å². The lowest BCUT2D eigenvalue weighted by Crippen LogP contribution is -2.58. The second kappa shape index (κ2) is 14.4. The summed E-state index contributed by atoms with van der Waals surface area (Å²) in [4.78, 5) is 66.4. The van der Waals surface area contributed by atoms with Crippen LogP contribution < -0.4 is 4.65 Å². The largest absolute Gasteiger partial charge is 0.497 e. The first-order chi connectivity index (χ1) is 23.8. The minimum absolute atomic E-state index is 0.0222. The highest BCUT2D eigenvalue weighted by Gasteiger charge is 2.55. The fraction of sp³-hybridized carbons (Fsp3) is 0.333. The van der Waals surface area contributed by atoms with Crippen LogP contribution in [0.15, 0.2) is 78.9 Å². The number of carbonyl (C=O) groups excluding carboxylic acids is 4. The molecule has 262 valence electrons. The van der Waals surface area contributed by atoms with Gasteiger partial charge in [0.15, 0.2) is 12.2 Å². The van der Waals surface area contributed by atoms with Gasteiger partial charge in [-0.2, -0.15) is 13.2 Å². The number of quaternary nitrogens is 1. The van der Waals surface area contributed by atoms with Crippen molar-refractivity contribution >= 4 is 41.0 Å². The molecule has 0 spiro atoms. The van der Waals surface area contributed by atoms with Gasteiger partial charge in [-0.25, -0.2) is 9.59 Å². The van der Waals surface area contributed by atoms with Crippen LogP contribution in [0, 0.1) is 0 Å². The molecule has 3 aliphatic heterocycles. The zero-order chi connectivity index (χ0) is 35.6. The average molecular weight is 711 g/mol. The van der Waals surface area contributed by atoms with Crippen molar-refractivity contribution in [3.05, 3.63) is 112 Å². The standard InChI is InChI=1S/C36H36ClF3N5O5/c1-41-16-18-42(19-17-41)21-26-6-9-29-22-44(34(48)28-10-12-30(37)13-11-28)23-32(46)45(31(29)20-26,50-35(49)36(38,39)40)24-25-4-7-27(8-5-25)33(47)43-14-2-3-15-43/h2-13,20H,14-19,21-24H2,1H3/q+1. The molecule has 1 fully saturated rings. The number of halogens is 4. The summed E-state index contributed by atoms with van der Waals surface area (Å²) in [7, 11) is 2.02. The number of hydroxylamine groups is 2. The summed E-state index contributed by atoms with van der Waals surface area (Å²) in [6.07, 6.45) is -1.68. The van der Waals surface area contributed by atoms with Gasteiger partial charge in [0.1, 0.15) is 6.54 Å². The maximum Gasteiger partial charge on any atom is 0.497 e. The number of nitrogens with zero attached hydrogens (tertiary/aromatic N) is 5. The molecule has 10 nitrogen and oxygen atoms in total. The minimum atomic E-state index is -5.42. The molecule has 3 aromatic rings. The molecule has 3 aliphatic rings. The molecular weight excluding hydrogens is 675 g/mol. The van der Waals surface area contributed by atoms with Crippen molar-refractivity contribution in [3.63, 3.8) is 0 Å². The van der Waals surface area contributed by atoms with Gasteiger partial charge >= 0.3 is 18.1 Å². The Kier molecular flexibility index (Phi) is 10.1. The summed E-state index contributed by atoms with van der Waals surface area (Å²) in [5, 5.41) is 0.395. The molecule has 3 amide bonds. The van der Waals surface area contributed by atoms with Gasteiger partial charge in [0.2, 0.25) is 0 Å². The summed E-state index contributed by atoms with van der Waals surface area (Å²) in [6.45, 7) is 3.23. The lowest BCUT2D eigenvalue weighted by molar-refractivity contribution is -0.235. The van der Waals surface area contributed by atoms with Gasteiger partial charge in [-0.1, -0.05) is 48.0 Å². The number of hydrogen-bond acceptors (Lipinski definition) is 7. The predicted molar refractivity (Wildman–Crippen MR) is 180 cm³/mol. The second-order valence-corrected chi connectivity index (χ2v) is 13.2. The number of alkyl halides is 3. The Labute approximate surface area is 292 Å². The normalized spacial score (nSPS) is 20.1. The Balaban J connectivity index is 1.43. The van der Waals surface area contributed by atoms with Crippen molar-refractivity contribution in [1.82, 2.24) is 24.2 Å². The van der Waals surface area contributed by atoms with Crippen LogP contribution >= 0.6 is 11.6 Å². The third kappa shape index (κ3) is 7.60. The summed E-state index contributed by atoms with van der Waals surface area (Å²) < 4.78 is 40.4. The van der Waals surface area contributed by atoms with Crippen molar-refractivity contribution in [3.8, 4) is 0 Å². The first-order valence-electron chi connectivity index (χ1n) is 16.2. The topological polar surface area (TPSA) is 90.5 Å². The number of hydrogen-bond donors (Lipinski definition) is 0. The molecule has 50 heavy (non-hydrogen) atoms. The van der Waals surface area contributed by atoms with Gasteiger partial charge in [0.25, 0.3) is 11.8 Å². The van der Waals surface area contributed by atoms with Crippen LogP contribution in [0.2, 0.25) is 5.02 Å². The van der Waals surface area contributed by atoms with Crippen LogP contribution in [0.4, 0.5) is 18.9 Å². The second-order valence-electron chi connectivity index (χ2n) is 12.8. The van der Waals surface area contributed by atoms with Crippen molar-refractivity contribution in [2.75, 3.05) is 52.9 Å². The van der Waals surface area contributed by atoms with E-state index in [1.54, 1.807) is 17.0 Å². The maximum absolute atomic E-state index is 14.5. The van der Waals surface area contributed by atoms with Crippen LogP contribution in [0.5, 0.6) is 0 Å². The molecule has 1 saturated heterocycles. The number of piperazine rings is 1. The highest BCUT2D eigenvalue weighted by molar-refractivity contribution is 6.30. The Morgan fingerprint density at radius 2 is 1.38 bits per heavy atom. The van der Waals surface area contributed by atoms with Gasteiger partial charge in [-0.3, -0.25) is 19.3 Å². The SMILES string of the molecule is CN1CCN(Cc2ccc3c(c2)[N+](Cc2ccc(C(=O)N4CC=CC4)cc2)(OC(=O)C(F)(F)F)C(=O)CN(C(=O)c2ccc(Cl)cc2)C3)CC1. The Hall–Kier alpha value is -4.56. The molecule has 14 heteroatoms. The molecular formula is C36H36ClF3N5O5+. The summed E-state index contributed by atoms with van der Waals surface area (Å²) >= 11 is 6.02. The van der Waals surface area contributed by atoms with E-state index in [4.69, 9.17) is 16.4 Å². The van der Waals surface area contributed by atoms with E-state index < -0.39 is 41.7 Å². The molecule has 1 atom stereocenters. The van der Waals surface area contributed by atoms with E-state index in [-0.39, 0.29) is 23.7 Å². The summed E-state index contributed by atoms with van der Waals surface area (Å²) in [5.74, 6) is -4.28. The van der Waals surface area contributed by atoms with Gasteiger partial charge in [-0.15, -0.1) is 0 Å². The van der Waals surface area contributed by atoms with E-state index in [9.17, 15) is 32.3 Å². The quantitative estimate of drug-likeness (QED) is 0.257. The van der Waals surface area contributed by atoms with E-state index in [1.807, 2.05) is 25.3 Å². The molecule has 0 aromatic heterocycles. The van der Waals surface area contributed by atoms with Gasteiger partial charge in [0.05, 0.1) is 6.54 Å². The number of benzene rings is 3. The van der Waals surface area contributed by atoms with Gasteiger partial charge in [0, 0.05) is 79.2 Å². The maximum atomic E-state index is 14.5. The minimum Gasteiger partial charge on any atom is -0.331 e. The first kappa shape index (κ1) is 35.3. The Bertz CT molecular complexity index is 1800. The molecule has 0 N–H and O–H groups in total. The summed E-state index contributed by atoms with van der Waals surface area (Å²) in [5.41, 5.74) is 1.96. The van der Waals surface area contributed by atoms with Crippen molar-refractivity contribution in [2.45, 2.75) is 25.8 Å². The molecule has 0 aliphatic carbocycles. The van der Waals surface area contributed by atoms with Gasteiger partial charge < -0.3 is 14.7 Å². The lowest BCUT2D eigenvalue weighted by atomic mass is 10.0. The van der Waals surface area contributed by atoms with Crippen LogP contribution in [0.3, 0.4) is 0 Å². The Morgan fingerprint density at radius 3 is 2.00 bits per heavy atom. The monoisotopic (exact) mass is 710 g/mol. The highest BCUT2D eigenvalue weighted by Crippen LogP contribution is 2.38. The molecule has 3 heterocycles. The van der Waals surface area contributed by atoms with Crippen LogP contribution in [-0.4, -0.2) is 102 Å². The third-order valence-electron chi connectivity index (χ3n) is 9.19. The number of fused-ring (bicyclic) bond motifs is 1. The lowest BCUT2D eigenvalue weighted by Gasteiger charge is -2.33. The van der Waals surface area contributed by atoms with E-state index in [1.165, 1.54) is 53.4 Å². The third-order valence-corrected chi connectivity index (χ3v) is 9.44. The van der Waals surface area contributed by atoms with Crippen LogP contribution in [0.25, 0.3) is 0 Å². The highest BCUT2D eigenvalue weighted by atomic mass is 35.5. The van der Waals surface area contributed by atoms with E-state index >= 15 is 0 Å². The fourth-order valence-electron chi connectivity index (χ4n) is 6.37. The first-order valence-corrected chi connectivity index (χ1v) is 16.5. The van der Waals surface area contributed by atoms with Crippen molar-refractivity contribution in [1.29, 1.82) is 0 Å².